The van der Waals surface area contributed by atoms with Gasteiger partial charge in [0, 0.05) is 18.1 Å². The van der Waals surface area contributed by atoms with Gasteiger partial charge < -0.3 is 10.1 Å². The van der Waals surface area contributed by atoms with Crippen LogP contribution in [0.3, 0.4) is 0 Å². The molecule has 0 aliphatic heterocycles. The van der Waals surface area contributed by atoms with Gasteiger partial charge in [-0.3, -0.25) is 0 Å². The van der Waals surface area contributed by atoms with Crippen molar-refractivity contribution < 1.29 is 4.74 Å². The highest BCUT2D eigenvalue weighted by molar-refractivity contribution is 5.09. The lowest BCUT2D eigenvalue weighted by Gasteiger charge is -2.58. The molecule has 0 saturated heterocycles. The number of ether oxygens (including phenoxy) is 1. The molecule has 0 heterocycles. The SMILES string of the molecule is CCOC1CC(NCC2CC2(C)C)C12CCCCC2. The zero-order valence-electron chi connectivity index (χ0n) is 13.0. The van der Waals surface area contributed by atoms with Crippen LogP contribution in [0, 0.1) is 16.7 Å². The zero-order chi connectivity index (χ0) is 13.5. The fourth-order valence-corrected chi connectivity index (χ4v) is 4.56. The molecule has 1 N–H and O–H groups in total. The van der Waals surface area contributed by atoms with Crippen molar-refractivity contribution in [1.29, 1.82) is 0 Å². The third-order valence-corrected chi connectivity index (χ3v) is 6.27. The van der Waals surface area contributed by atoms with E-state index < -0.39 is 0 Å². The maximum atomic E-state index is 6.02. The maximum Gasteiger partial charge on any atom is 0.0661 e. The molecule has 110 valence electrons. The van der Waals surface area contributed by atoms with E-state index in [-0.39, 0.29) is 0 Å². The lowest BCUT2D eigenvalue weighted by atomic mass is 9.55. The molecule has 19 heavy (non-hydrogen) atoms. The highest BCUT2D eigenvalue weighted by Gasteiger charge is 2.56. The number of hydrogen-bond acceptors (Lipinski definition) is 2. The number of hydrogen-bond donors (Lipinski definition) is 1. The molecule has 0 radical (unpaired) electrons. The van der Waals surface area contributed by atoms with Gasteiger partial charge in [-0.1, -0.05) is 33.1 Å². The van der Waals surface area contributed by atoms with E-state index in [2.05, 4.69) is 26.1 Å². The average Bonchev–Trinajstić information content (AvgIpc) is 3.01. The van der Waals surface area contributed by atoms with Crippen LogP contribution in [0.15, 0.2) is 0 Å². The second kappa shape index (κ2) is 5.04. The van der Waals surface area contributed by atoms with Crippen molar-refractivity contribution in [3.05, 3.63) is 0 Å². The van der Waals surface area contributed by atoms with Crippen molar-refractivity contribution in [1.82, 2.24) is 5.32 Å². The summed E-state index contributed by atoms with van der Waals surface area (Å²) < 4.78 is 6.02. The van der Waals surface area contributed by atoms with Gasteiger partial charge in [-0.25, -0.2) is 0 Å². The van der Waals surface area contributed by atoms with E-state index in [0.29, 0.717) is 16.9 Å². The summed E-state index contributed by atoms with van der Waals surface area (Å²) in [7, 11) is 0. The highest BCUT2D eigenvalue weighted by atomic mass is 16.5. The standard InChI is InChI=1S/C17H31NO/c1-4-19-15-10-14(17(15)8-6-5-7-9-17)18-12-13-11-16(13,2)3/h13-15,18H,4-12H2,1-3H3. The Morgan fingerprint density at radius 1 is 1.16 bits per heavy atom. The molecule has 0 aromatic heterocycles. The van der Waals surface area contributed by atoms with Gasteiger partial charge in [0.15, 0.2) is 0 Å². The Labute approximate surface area is 118 Å². The maximum absolute atomic E-state index is 6.02. The Morgan fingerprint density at radius 3 is 2.42 bits per heavy atom. The van der Waals surface area contributed by atoms with E-state index in [1.807, 2.05) is 0 Å². The normalized spacial score (nSPS) is 39.0. The number of rotatable bonds is 5. The predicted octanol–water partition coefficient (Wildman–Crippen LogP) is 3.75. The third kappa shape index (κ3) is 2.47. The molecule has 3 rings (SSSR count). The molecule has 0 aromatic rings. The third-order valence-electron chi connectivity index (χ3n) is 6.27. The van der Waals surface area contributed by atoms with E-state index in [1.54, 1.807) is 0 Å². The quantitative estimate of drug-likeness (QED) is 0.817. The van der Waals surface area contributed by atoms with E-state index in [1.165, 1.54) is 51.5 Å². The van der Waals surface area contributed by atoms with Gasteiger partial charge in [-0.15, -0.1) is 0 Å². The minimum atomic E-state index is 0.493. The van der Waals surface area contributed by atoms with Gasteiger partial charge in [0.1, 0.15) is 0 Å². The average molecular weight is 265 g/mol. The largest absolute Gasteiger partial charge is 0.378 e. The summed E-state index contributed by atoms with van der Waals surface area (Å²) >= 11 is 0. The van der Waals surface area contributed by atoms with Gasteiger partial charge in [0.25, 0.3) is 0 Å². The predicted molar refractivity (Wildman–Crippen MR) is 79.2 cm³/mol. The van der Waals surface area contributed by atoms with Crippen molar-refractivity contribution in [2.45, 2.75) is 77.9 Å². The first-order valence-electron chi connectivity index (χ1n) is 8.43. The lowest BCUT2D eigenvalue weighted by molar-refractivity contribution is -0.150. The first-order valence-corrected chi connectivity index (χ1v) is 8.43. The fraction of sp³-hybridized carbons (Fsp3) is 1.00. The van der Waals surface area contributed by atoms with Gasteiger partial charge in [-0.05, 0) is 50.5 Å². The van der Waals surface area contributed by atoms with Crippen LogP contribution < -0.4 is 5.32 Å². The molecular formula is C17H31NO. The van der Waals surface area contributed by atoms with Gasteiger partial charge in [0.2, 0.25) is 0 Å². The Balaban J connectivity index is 1.56. The number of nitrogens with one attached hydrogen (secondary N) is 1. The van der Waals surface area contributed by atoms with Crippen LogP contribution >= 0.6 is 0 Å². The first kappa shape index (κ1) is 13.9. The molecular weight excluding hydrogens is 234 g/mol. The summed E-state index contributed by atoms with van der Waals surface area (Å²) in [4.78, 5) is 0. The van der Waals surface area contributed by atoms with Gasteiger partial charge in [-0.2, -0.15) is 0 Å². The molecule has 3 atom stereocenters. The Morgan fingerprint density at radius 2 is 1.84 bits per heavy atom. The second-order valence-corrected chi connectivity index (χ2v) is 7.82. The molecule has 3 saturated carbocycles. The smallest absolute Gasteiger partial charge is 0.0661 e. The molecule has 1 spiro atoms. The van der Waals surface area contributed by atoms with Crippen molar-refractivity contribution in [3.8, 4) is 0 Å². The van der Waals surface area contributed by atoms with Crippen LogP contribution in [0.2, 0.25) is 0 Å². The molecule has 2 nitrogen and oxygen atoms in total. The van der Waals surface area contributed by atoms with Crippen LogP contribution in [0.4, 0.5) is 0 Å². The summed E-state index contributed by atoms with van der Waals surface area (Å²) in [5, 5.41) is 3.91. The van der Waals surface area contributed by atoms with E-state index in [9.17, 15) is 0 Å². The summed E-state index contributed by atoms with van der Waals surface area (Å²) in [5.74, 6) is 0.916. The fourth-order valence-electron chi connectivity index (χ4n) is 4.56. The minimum Gasteiger partial charge on any atom is -0.378 e. The first-order chi connectivity index (χ1) is 9.08. The Hall–Kier alpha value is -0.0800. The molecule has 3 aliphatic rings. The highest BCUT2D eigenvalue weighted by Crippen LogP contribution is 2.55. The molecule has 0 aromatic carbocycles. The van der Waals surface area contributed by atoms with E-state index in [4.69, 9.17) is 4.74 Å². The minimum absolute atomic E-state index is 0.493. The molecule has 0 bridgehead atoms. The summed E-state index contributed by atoms with van der Waals surface area (Å²) in [6, 6.07) is 0.737. The van der Waals surface area contributed by atoms with Crippen molar-refractivity contribution in [2.24, 2.45) is 16.7 Å². The second-order valence-electron chi connectivity index (χ2n) is 7.82. The van der Waals surface area contributed by atoms with Crippen LogP contribution in [0.1, 0.15) is 65.7 Å². The van der Waals surface area contributed by atoms with E-state index >= 15 is 0 Å². The summed E-state index contributed by atoms with van der Waals surface area (Å²) in [6.07, 6.45) is 10.3. The van der Waals surface area contributed by atoms with Crippen LogP contribution in [0.25, 0.3) is 0 Å². The Kier molecular flexibility index (Phi) is 3.68. The molecule has 2 heteroatoms. The van der Waals surface area contributed by atoms with Crippen molar-refractivity contribution in [2.75, 3.05) is 13.2 Å². The van der Waals surface area contributed by atoms with Crippen LogP contribution in [-0.4, -0.2) is 25.3 Å². The monoisotopic (exact) mass is 265 g/mol. The molecule has 0 amide bonds. The van der Waals surface area contributed by atoms with Gasteiger partial charge in [0.05, 0.1) is 6.10 Å². The van der Waals surface area contributed by atoms with Crippen LogP contribution in [-0.2, 0) is 4.74 Å². The Bertz CT molecular complexity index is 319. The lowest BCUT2D eigenvalue weighted by Crippen LogP contribution is -2.64. The molecule has 3 aliphatic carbocycles. The molecule has 3 fully saturated rings. The summed E-state index contributed by atoms with van der Waals surface area (Å²) in [6.45, 7) is 9.07. The topological polar surface area (TPSA) is 21.3 Å². The van der Waals surface area contributed by atoms with E-state index in [0.717, 1.165) is 18.6 Å². The molecule has 3 unspecified atom stereocenters. The van der Waals surface area contributed by atoms with Crippen molar-refractivity contribution in [3.63, 3.8) is 0 Å². The van der Waals surface area contributed by atoms with Crippen LogP contribution in [0.5, 0.6) is 0 Å². The van der Waals surface area contributed by atoms with Gasteiger partial charge >= 0.3 is 0 Å². The summed E-state index contributed by atoms with van der Waals surface area (Å²) in [5.41, 5.74) is 1.10. The van der Waals surface area contributed by atoms with Crippen molar-refractivity contribution >= 4 is 0 Å². The zero-order valence-corrected chi connectivity index (χ0v) is 13.0.